The smallest absolute Gasteiger partial charge is 0.251 e. The van der Waals surface area contributed by atoms with Crippen LogP contribution in [-0.4, -0.2) is 16.9 Å². The maximum atomic E-state index is 12.3. The standard InChI is InChI=1S/C15H24N4O/c1-10-7-11(8-13(17-10)19-16)14(20)18-12-5-4-6-15(2,3)9-12/h7-8,12H,4-6,9,16H2,1-3H3,(H,17,19)(H,18,20). The topological polar surface area (TPSA) is 80.0 Å². The molecule has 1 aliphatic rings. The van der Waals surface area contributed by atoms with Crippen molar-refractivity contribution in [3.8, 4) is 0 Å². The first-order chi connectivity index (χ1) is 9.39. The zero-order chi connectivity index (χ0) is 14.8. The zero-order valence-corrected chi connectivity index (χ0v) is 12.5. The van der Waals surface area contributed by atoms with Crippen LogP contribution < -0.4 is 16.6 Å². The van der Waals surface area contributed by atoms with Crippen molar-refractivity contribution in [1.29, 1.82) is 0 Å². The van der Waals surface area contributed by atoms with Crippen LogP contribution in [0.5, 0.6) is 0 Å². The molecular weight excluding hydrogens is 252 g/mol. The van der Waals surface area contributed by atoms with Gasteiger partial charge in [-0.15, -0.1) is 0 Å². The molecule has 2 rings (SSSR count). The second-order valence-electron chi connectivity index (χ2n) is 6.46. The van der Waals surface area contributed by atoms with Crippen molar-refractivity contribution in [1.82, 2.24) is 10.3 Å². The van der Waals surface area contributed by atoms with Gasteiger partial charge >= 0.3 is 0 Å². The number of nitrogens with two attached hydrogens (primary N) is 1. The summed E-state index contributed by atoms with van der Waals surface area (Å²) in [6.45, 7) is 6.37. The molecule has 0 aromatic carbocycles. The average molecular weight is 276 g/mol. The van der Waals surface area contributed by atoms with Crippen LogP contribution in [0.4, 0.5) is 5.82 Å². The van der Waals surface area contributed by atoms with E-state index < -0.39 is 0 Å². The first-order valence-corrected chi connectivity index (χ1v) is 7.16. The number of hydrogen-bond donors (Lipinski definition) is 3. The quantitative estimate of drug-likeness (QED) is 0.585. The molecule has 5 nitrogen and oxygen atoms in total. The lowest BCUT2D eigenvalue weighted by Gasteiger charge is -2.35. The van der Waals surface area contributed by atoms with E-state index in [1.807, 2.05) is 6.92 Å². The molecule has 1 unspecified atom stereocenters. The number of amides is 1. The number of rotatable bonds is 3. The van der Waals surface area contributed by atoms with E-state index in [0.717, 1.165) is 18.5 Å². The fraction of sp³-hybridized carbons (Fsp3) is 0.600. The minimum absolute atomic E-state index is 0.0466. The summed E-state index contributed by atoms with van der Waals surface area (Å²) in [5, 5.41) is 3.13. The molecule has 5 heteroatoms. The van der Waals surface area contributed by atoms with Crippen LogP contribution in [0.25, 0.3) is 0 Å². The molecule has 1 aromatic heterocycles. The van der Waals surface area contributed by atoms with Gasteiger partial charge in [-0.2, -0.15) is 0 Å². The monoisotopic (exact) mass is 276 g/mol. The number of aromatic nitrogens is 1. The van der Waals surface area contributed by atoms with Gasteiger partial charge in [0.1, 0.15) is 5.82 Å². The molecule has 110 valence electrons. The molecule has 20 heavy (non-hydrogen) atoms. The van der Waals surface area contributed by atoms with E-state index >= 15 is 0 Å². The minimum atomic E-state index is -0.0466. The number of pyridine rings is 1. The maximum Gasteiger partial charge on any atom is 0.251 e. The van der Waals surface area contributed by atoms with Gasteiger partial charge in [0.25, 0.3) is 5.91 Å². The molecule has 1 atom stereocenters. The Labute approximate surface area is 120 Å². The Morgan fingerprint density at radius 2 is 2.20 bits per heavy atom. The third-order valence-electron chi connectivity index (χ3n) is 3.90. The number of carbonyl (C=O) groups excluding carboxylic acids is 1. The van der Waals surface area contributed by atoms with E-state index in [4.69, 9.17) is 5.84 Å². The number of nitrogens with zero attached hydrogens (tertiary/aromatic N) is 1. The van der Waals surface area contributed by atoms with Crippen LogP contribution in [0.15, 0.2) is 12.1 Å². The normalized spacial score (nSPS) is 21.3. The number of carbonyl (C=O) groups is 1. The summed E-state index contributed by atoms with van der Waals surface area (Å²) in [5.74, 6) is 5.83. The largest absolute Gasteiger partial charge is 0.349 e. The van der Waals surface area contributed by atoms with E-state index in [1.54, 1.807) is 12.1 Å². The summed E-state index contributed by atoms with van der Waals surface area (Å²) in [6.07, 6.45) is 4.49. The van der Waals surface area contributed by atoms with Crippen LogP contribution in [0.2, 0.25) is 0 Å². The van der Waals surface area contributed by atoms with Gasteiger partial charge in [-0.1, -0.05) is 20.3 Å². The van der Waals surface area contributed by atoms with Crippen LogP contribution in [-0.2, 0) is 0 Å². The van der Waals surface area contributed by atoms with Crippen molar-refractivity contribution >= 4 is 11.7 Å². The van der Waals surface area contributed by atoms with Gasteiger partial charge in [-0.25, -0.2) is 10.8 Å². The lowest BCUT2D eigenvalue weighted by atomic mass is 9.75. The Bertz CT molecular complexity index is 499. The third-order valence-corrected chi connectivity index (χ3v) is 3.90. The molecule has 1 amide bonds. The highest BCUT2D eigenvalue weighted by Crippen LogP contribution is 2.35. The Hall–Kier alpha value is -1.62. The summed E-state index contributed by atoms with van der Waals surface area (Å²) in [4.78, 5) is 16.5. The Kier molecular flexibility index (Phi) is 4.28. The molecule has 1 aliphatic carbocycles. The van der Waals surface area contributed by atoms with E-state index in [1.165, 1.54) is 12.8 Å². The number of aryl methyl sites for hydroxylation is 1. The van der Waals surface area contributed by atoms with Crippen molar-refractivity contribution in [3.63, 3.8) is 0 Å². The third kappa shape index (κ3) is 3.70. The van der Waals surface area contributed by atoms with Crippen LogP contribution in [0, 0.1) is 12.3 Å². The molecule has 1 saturated carbocycles. The number of nitrogen functional groups attached to an aromatic ring is 1. The zero-order valence-electron chi connectivity index (χ0n) is 12.5. The molecule has 1 heterocycles. The van der Waals surface area contributed by atoms with Gasteiger partial charge in [0, 0.05) is 17.3 Å². The van der Waals surface area contributed by atoms with E-state index in [-0.39, 0.29) is 11.9 Å². The van der Waals surface area contributed by atoms with Crippen LogP contribution >= 0.6 is 0 Å². The Balaban J connectivity index is 2.06. The second kappa shape index (κ2) is 5.79. The van der Waals surface area contributed by atoms with Gasteiger partial charge in [0.05, 0.1) is 0 Å². The molecule has 0 saturated heterocycles. The van der Waals surface area contributed by atoms with Gasteiger partial charge in [-0.05, 0) is 43.7 Å². The molecule has 0 spiro atoms. The maximum absolute atomic E-state index is 12.3. The average Bonchev–Trinajstić information content (AvgIpc) is 2.36. The molecule has 1 aromatic rings. The lowest BCUT2D eigenvalue weighted by Crippen LogP contribution is -2.40. The summed E-state index contributed by atoms with van der Waals surface area (Å²) >= 11 is 0. The predicted molar refractivity (Wildman–Crippen MR) is 80.3 cm³/mol. The van der Waals surface area contributed by atoms with E-state index in [9.17, 15) is 4.79 Å². The Morgan fingerprint density at radius 3 is 2.85 bits per heavy atom. The van der Waals surface area contributed by atoms with Crippen LogP contribution in [0.1, 0.15) is 55.6 Å². The summed E-state index contributed by atoms with van der Waals surface area (Å²) in [6, 6.07) is 3.72. The number of anilines is 1. The highest BCUT2D eigenvalue weighted by Gasteiger charge is 2.29. The second-order valence-corrected chi connectivity index (χ2v) is 6.46. The fourth-order valence-corrected chi connectivity index (χ4v) is 2.96. The molecule has 0 bridgehead atoms. The van der Waals surface area contributed by atoms with Gasteiger partial charge in [-0.3, -0.25) is 4.79 Å². The highest BCUT2D eigenvalue weighted by molar-refractivity contribution is 5.95. The fourth-order valence-electron chi connectivity index (χ4n) is 2.96. The summed E-state index contributed by atoms with van der Waals surface area (Å²) < 4.78 is 0. The predicted octanol–water partition coefficient (Wildman–Crippen LogP) is 2.37. The van der Waals surface area contributed by atoms with E-state index in [2.05, 4.69) is 29.6 Å². The first-order valence-electron chi connectivity index (χ1n) is 7.16. The number of nitrogens with one attached hydrogen (secondary N) is 2. The van der Waals surface area contributed by atoms with Crippen molar-refractivity contribution in [2.24, 2.45) is 11.3 Å². The first kappa shape index (κ1) is 14.8. The Morgan fingerprint density at radius 1 is 1.45 bits per heavy atom. The molecular formula is C15H24N4O. The molecule has 0 aliphatic heterocycles. The van der Waals surface area contributed by atoms with Gasteiger partial charge in [0.15, 0.2) is 0 Å². The number of hydrazine groups is 1. The van der Waals surface area contributed by atoms with Gasteiger partial charge < -0.3 is 10.7 Å². The highest BCUT2D eigenvalue weighted by atomic mass is 16.1. The molecule has 1 fully saturated rings. The van der Waals surface area contributed by atoms with Crippen LogP contribution in [0.3, 0.4) is 0 Å². The van der Waals surface area contributed by atoms with Gasteiger partial charge in [0.2, 0.25) is 0 Å². The number of hydrogen-bond acceptors (Lipinski definition) is 4. The van der Waals surface area contributed by atoms with E-state index in [0.29, 0.717) is 16.8 Å². The lowest BCUT2D eigenvalue weighted by molar-refractivity contribution is 0.0902. The van der Waals surface area contributed by atoms with Crippen molar-refractivity contribution in [2.45, 2.75) is 52.5 Å². The molecule has 4 N–H and O–H groups in total. The summed E-state index contributed by atoms with van der Waals surface area (Å²) in [7, 11) is 0. The summed E-state index contributed by atoms with van der Waals surface area (Å²) in [5.41, 5.74) is 4.18. The van der Waals surface area contributed by atoms with Crippen molar-refractivity contribution < 1.29 is 4.79 Å². The SMILES string of the molecule is Cc1cc(C(=O)NC2CCCC(C)(C)C2)cc(NN)n1. The van der Waals surface area contributed by atoms with Crippen molar-refractivity contribution in [2.75, 3.05) is 5.43 Å². The minimum Gasteiger partial charge on any atom is -0.349 e. The van der Waals surface area contributed by atoms with Crippen molar-refractivity contribution in [3.05, 3.63) is 23.4 Å². The molecule has 0 radical (unpaired) electrons.